The Bertz CT molecular complexity index is 489. The SMILES string of the molecule is CC(CCC(=O)O)(C(=O)O)c1cccc(Br)c1F. The lowest BCUT2D eigenvalue weighted by Gasteiger charge is -2.25. The van der Waals surface area contributed by atoms with Gasteiger partial charge in [0.1, 0.15) is 5.82 Å². The third kappa shape index (κ3) is 2.87. The molecule has 0 aromatic heterocycles. The van der Waals surface area contributed by atoms with Crippen molar-refractivity contribution in [2.24, 2.45) is 0 Å². The van der Waals surface area contributed by atoms with E-state index in [-0.39, 0.29) is 22.9 Å². The number of benzene rings is 1. The summed E-state index contributed by atoms with van der Waals surface area (Å²) in [6.07, 6.45) is -0.514. The van der Waals surface area contributed by atoms with Crippen molar-refractivity contribution in [3.63, 3.8) is 0 Å². The second kappa shape index (κ2) is 5.48. The van der Waals surface area contributed by atoms with Gasteiger partial charge in [-0.05, 0) is 35.3 Å². The molecule has 0 spiro atoms. The third-order valence-corrected chi connectivity index (χ3v) is 3.47. The van der Waals surface area contributed by atoms with Crippen molar-refractivity contribution >= 4 is 27.9 Å². The summed E-state index contributed by atoms with van der Waals surface area (Å²) in [5.41, 5.74) is -1.59. The number of carboxylic acids is 2. The van der Waals surface area contributed by atoms with Crippen molar-refractivity contribution < 1.29 is 24.2 Å². The lowest BCUT2D eigenvalue weighted by molar-refractivity contribution is -0.144. The van der Waals surface area contributed by atoms with Crippen LogP contribution in [0.2, 0.25) is 0 Å². The van der Waals surface area contributed by atoms with E-state index in [1.807, 2.05) is 0 Å². The second-order valence-corrected chi connectivity index (χ2v) is 4.99. The van der Waals surface area contributed by atoms with Gasteiger partial charge in [-0.2, -0.15) is 0 Å². The van der Waals surface area contributed by atoms with Gasteiger partial charge in [-0.15, -0.1) is 0 Å². The van der Waals surface area contributed by atoms with Crippen molar-refractivity contribution in [3.05, 3.63) is 34.1 Å². The Hall–Kier alpha value is -1.43. The molecule has 0 aliphatic heterocycles. The Balaban J connectivity index is 3.23. The predicted octanol–water partition coefficient (Wildman–Crippen LogP) is 2.80. The van der Waals surface area contributed by atoms with Crippen LogP contribution in [-0.2, 0) is 15.0 Å². The fourth-order valence-electron chi connectivity index (χ4n) is 1.64. The topological polar surface area (TPSA) is 74.6 Å². The molecule has 4 nitrogen and oxygen atoms in total. The number of halogens is 2. The lowest BCUT2D eigenvalue weighted by atomic mass is 9.78. The van der Waals surface area contributed by atoms with Gasteiger partial charge < -0.3 is 10.2 Å². The van der Waals surface area contributed by atoms with Crippen molar-refractivity contribution in [2.75, 3.05) is 0 Å². The maximum atomic E-state index is 13.9. The van der Waals surface area contributed by atoms with E-state index in [1.54, 1.807) is 0 Å². The molecule has 0 heterocycles. The molecule has 0 bridgehead atoms. The van der Waals surface area contributed by atoms with Gasteiger partial charge in [-0.3, -0.25) is 9.59 Å². The summed E-state index contributed by atoms with van der Waals surface area (Å²) in [4.78, 5) is 21.9. The third-order valence-electron chi connectivity index (χ3n) is 2.86. The molecular weight excluding hydrogens is 307 g/mol. The molecule has 0 radical (unpaired) electrons. The first-order valence-corrected chi connectivity index (χ1v) is 5.98. The summed E-state index contributed by atoms with van der Waals surface area (Å²) in [5, 5.41) is 17.9. The van der Waals surface area contributed by atoms with Crippen LogP contribution < -0.4 is 0 Å². The van der Waals surface area contributed by atoms with E-state index in [1.165, 1.54) is 25.1 Å². The van der Waals surface area contributed by atoms with E-state index < -0.39 is 23.2 Å². The lowest BCUT2D eigenvalue weighted by Crippen LogP contribution is -2.34. The van der Waals surface area contributed by atoms with Gasteiger partial charge in [0.25, 0.3) is 0 Å². The number of hydrogen-bond acceptors (Lipinski definition) is 2. The van der Waals surface area contributed by atoms with Crippen molar-refractivity contribution in [2.45, 2.75) is 25.2 Å². The summed E-state index contributed by atoms with van der Waals surface area (Å²) in [7, 11) is 0. The number of rotatable bonds is 5. The van der Waals surface area contributed by atoms with Crippen LogP contribution >= 0.6 is 15.9 Å². The Labute approximate surface area is 112 Å². The molecule has 1 atom stereocenters. The van der Waals surface area contributed by atoms with Crippen LogP contribution in [0.15, 0.2) is 22.7 Å². The highest BCUT2D eigenvalue weighted by Crippen LogP contribution is 2.34. The van der Waals surface area contributed by atoms with Crippen molar-refractivity contribution in [1.82, 2.24) is 0 Å². The van der Waals surface area contributed by atoms with Crippen LogP contribution in [-0.4, -0.2) is 22.2 Å². The van der Waals surface area contributed by atoms with Crippen molar-refractivity contribution in [3.8, 4) is 0 Å². The molecule has 1 aromatic carbocycles. The Morgan fingerprint density at radius 1 is 1.39 bits per heavy atom. The fourth-order valence-corrected chi connectivity index (χ4v) is 2.01. The Morgan fingerprint density at radius 3 is 2.50 bits per heavy atom. The molecule has 0 aliphatic rings. The summed E-state index contributed by atoms with van der Waals surface area (Å²) in [6, 6.07) is 4.33. The number of carboxylic acid groups (broad SMARTS) is 2. The number of aliphatic carboxylic acids is 2. The fraction of sp³-hybridized carbons (Fsp3) is 0.333. The molecule has 2 N–H and O–H groups in total. The zero-order valence-corrected chi connectivity index (χ0v) is 11.2. The predicted molar refractivity (Wildman–Crippen MR) is 66.0 cm³/mol. The maximum absolute atomic E-state index is 13.9. The summed E-state index contributed by atoms with van der Waals surface area (Å²) >= 11 is 2.98. The van der Waals surface area contributed by atoms with Gasteiger partial charge in [0.05, 0.1) is 9.89 Å². The van der Waals surface area contributed by atoms with Gasteiger partial charge in [-0.25, -0.2) is 4.39 Å². The molecule has 1 unspecified atom stereocenters. The molecule has 98 valence electrons. The highest BCUT2D eigenvalue weighted by Gasteiger charge is 2.38. The number of carbonyl (C=O) groups is 2. The average molecular weight is 319 g/mol. The average Bonchev–Trinajstić information content (AvgIpc) is 2.29. The zero-order valence-electron chi connectivity index (χ0n) is 9.61. The maximum Gasteiger partial charge on any atom is 0.313 e. The van der Waals surface area contributed by atoms with E-state index in [2.05, 4.69) is 15.9 Å². The van der Waals surface area contributed by atoms with Crippen molar-refractivity contribution in [1.29, 1.82) is 0 Å². The summed E-state index contributed by atoms with van der Waals surface area (Å²) < 4.78 is 14.1. The van der Waals surface area contributed by atoms with E-state index in [0.717, 1.165) is 0 Å². The van der Waals surface area contributed by atoms with Gasteiger partial charge in [-0.1, -0.05) is 12.1 Å². The summed E-state index contributed by atoms with van der Waals surface area (Å²) in [6.45, 7) is 1.32. The minimum absolute atomic E-state index is 0.0226. The van der Waals surface area contributed by atoms with E-state index in [9.17, 15) is 19.1 Å². The molecule has 0 aliphatic carbocycles. The van der Waals surface area contributed by atoms with Crippen LogP contribution in [0.5, 0.6) is 0 Å². The smallest absolute Gasteiger partial charge is 0.313 e. The first kappa shape index (κ1) is 14.6. The molecule has 1 aromatic rings. The van der Waals surface area contributed by atoms with Crippen LogP contribution in [0.1, 0.15) is 25.3 Å². The molecule has 0 fully saturated rings. The van der Waals surface area contributed by atoms with E-state index in [4.69, 9.17) is 5.11 Å². The van der Waals surface area contributed by atoms with Crippen LogP contribution in [0, 0.1) is 5.82 Å². The standard InChI is InChI=1S/C12H12BrFO4/c1-12(11(17)18,6-5-9(15)16)7-3-2-4-8(13)10(7)14/h2-4H,5-6H2,1H3,(H,15,16)(H,17,18). The van der Waals surface area contributed by atoms with Crippen LogP contribution in [0.4, 0.5) is 4.39 Å². The van der Waals surface area contributed by atoms with E-state index in [0.29, 0.717) is 0 Å². The summed E-state index contributed by atoms with van der Waals surface area (Å²) in [5.74, 6) is -3.04. The monoisotopic (exact) mass is 318 g/mol. The first-order valence-electron chi connectivity index (χ1n) is 5.18. The second-order valence-electron chi connectivity index (χ2n) is 4.13. The van der Waals surface area contributed by atoms with E-state index >= 15 is 0 Å². The van der Waals surface area contributed by atoms with Crippen LogP contribution in [0.25, 0.3) is 0 Å². The number of hydrogen-bond donors (Lipinski definition) is 2. The normalized spacial score (nSPS) is 13.9. The quantitative estimate of drug-likeness (QED) is 0.875. The molecule has 0 saturated carbocycles. The van der Waals surface area contributed by atoms with Gasteiger partial charge in [0.15, 0.2) is 0 Å². The molecular formula is C12H12BrFO4. The Kier molecular flexibility index (Phi) is 4.45. The van der Waals surface area contributed by atoms with Gasteiger partial charge in [0, 0.05) is 12.0 Å². The van der Waals surface area contributed by atoms with Crippen LogP contribution in [0.3, 0.4) is 0 Å². The molecule has 18 heavy (non-hydrogen) atoms. The first-order chi connectivity index (χ1) is 8.29. The minimum atomic E-state index is -1.56. The zero-order chi connectivity index (χ0) is 13.9. The Morgan fingerprint density at radius 2 is 2.00 bits per heavy atom. The highest BCUT2D eigenvalue weighted by molar-refractivity contribution is 9.10. The molecule has 0 saturated heterocycles. The minimum Gasteiger partial charge on any atom is -0.481 e. The molecule has 6 heteroatoms. The van der Waals surface area contributed by atoms with Gasteiger partial charge in [0.2, 0.25) is 0 Å². The highest BCUT2D eigenvalue weighted by atomic mass is 79.9. The molecule has 1 rings (SSSR count). The molecule has 0 amide bonds. The van der Waals surface area contributed by atoms with Gasteiger partial charge >= 0.3 is 11.9 Å². The largest absolute Gasteiger partial charge is 0.481 e.